The number of halogens is 1. The molecule has 0 amide bonds. The fourth-order valence-corrected chi connectivity index (χ4v) is 2.55. The van der Waals surface area contributed by atoms with Gasteiger partial charge in [-0.1, -0.05) is 11.6 Å². The second-order valence-corrected chi connectivity index (χ2v) is 6.25. The summed E-state index contributed by atoms with van der Waals surface area (Å²) in [7, 11) is 1.28. The van der Waals surface area contributed by atoms with Crippen LogP contribution in [0.15, 0.2) is 48.8 Å². The van der Waals surface area contributed by atoms with E-state index in [2.05, 4.69) is 20.0 Å². The van der Waals surface area contributed by atoms with E-state index >= 15 is 0 Å². The summed E-state index contributed by atoms with van der Waals surface area (Å²) in [6.45, 7) is 1.79. The zero-order chi connectivity index (χ0) is 21.0. The minimum atomic E-state index is -0.636. The van der Waals surface area contributed by atoms with Gasteiger partial charge in [0, 0.05) is 10.7 Å². The number of ether oxygens (including phenoxy) is 2. The quantitative estimate of drug-likeness (QED) is 0.351. The lowest BCUT2D eigenvalue weighted by molar-refractivity contribution is -0.385. The van der Waals surface area contributed by atoms with Crippen LogP contribution in [0.5, 0.6) is 11.6 Å². The van der Waals surface area contributed by atoms with Crippen molar-refractivity contribution in [3.8, 4) is 11.6 Å². The molecule has 0 saturated heterocycles. The van der Waals surface area contributed by atoms with Crippen molar-refractivity contribution in [2.45, 2.75) is 6.92 Å². The standard InChI is InChI=1S/C19H15ClN4O5/c1-11-9-14(7-8-15(11)20)29-18-16(24(26)27)17(21-10-22-18)23-13-5-3-12(4-6-13)19(25)28-2/h3-10H,1-2H3,(H,21,22,23). The number of nitrogens with one attached hydrogen (secondary N) is 1. The first-order valence-electron chi connectivity index (χ1n) is 8.28. The fraction of sp³-hybridized carbons (Fsp3) is 0.105. The molecule has 0 aliphatic rings. The third-order valence-corrected chi connectivity index (χ3v) is 4.31. The summed E-state index contributed by atoms with van der Waals surface area (Å²) in [5.41, 5.74) is 1.15. The normalized spacial score (nSPS) is 10.3. The average Bonchev–Trinajstić information content (AvgIpc) is 2.70. The highest BCUT2D eigenvalue weighted by atomic mass is 35.5. The van der Waals surface area contributed by atoms with Gasteiger partial charge in [-0.05, 0) is 55.0 Å². The highest BCUT2D eigenvalue weighted by Crippen LogP contribution is 2.36. The number of carbonyl (C=O) groups excluding carboxylic acids is 1. The highest BCUT2D eigenvalue weighted by molar-refractivity contribution is 6.31. The second-order valence-electron chi connectivity index (χ2n) is 5.84. The van der Waals surface area contributed by atoms with Crippen molar-refractivity contribution in [1.82, 2.24) is 9.97 Å². The van der Waals surface area contributed by atoms with Crippen LogP contribution in [0, 0.1) is 17.0 Å². The van der Waals surface area contributed by atoms with Gasteiger partial charge in [-0.15, -0.1) is 0 Å². The number of hydrogen-bond acceptors (Lipinski definition) is 8. The molecule has 0 atom stereocenters. The number of aromatic nitrogens is 2. The first kappa shape index (κ1) is 20.0. The number of anilines is 2. The molecule has 148 valence electrons. The smallest absolute Gasteiger partial charge is 0.373 e. The molecule has 1 N–H and O–H groups in total. The maximum atomic E-state index is 11.6. The van der Waals surface area contributed by atoms with Crippen LogP contribution < -0.4 is 10.1 Å². The minimum Gasteiger partial charge on any atom is -0.465 e. The number of nitro groups is 1. The molecule has 0 fully saturated rings. The van der Waals surface area contributed by atoms with Crippen LogP contribution in [-0.4, -0.2) is 28.0 Å². The van der Waals surface area contributed by atoms with Gasteiger partial charge in [-0.3, -0.25) is 10.1 Å². The lowest BCUT2D eigenvalue weighted by Crippen LogP contribution is -2.04. The van der Waals surface area contributed by atoms with Gasteiger partial charge in [0.1, 0.15) is 12.1 Å². The monoisotopic (exact) mass is 414 g/mol. The Bertz CT molecular complexity index is 1070. The summed E-state index contributed by atoms with van der Waals surface area (Å²) in [5.74, 6) is -0.419. The van der Waals surface area contributed by atoms with E-state index in [0.717, 1.165) is 11.9 Å². The molecule has 3 rings (SSSR count). The van der Waals surface area contributed by atoms with Gasteiger partial charge >= 0.3 is 17.5 Å². The van der Waals surface area contributed by atoms with Gasteiger partial charge in [0.15, 0.2) is 0 Å². The minimum absolute atomic E-state index is 0.0588. The molecule has 1 heterocycles. The molecule has 2 aromatic carbocycles. The Balaban J connectivity index is 1.91. The molecule has 1 aromatic heterocycles. The molecular formula is C19H15ClN4O5. The first-order valence-corrected chi connectivity index (χ1v) is 8.65. The molecular weight excluding hydrogens is 400 g/mol. The van der Waals surface area contributed by atoms with Gasteiger partial charge in [0.05, 0.1) is 17.6 Å². The Morgan fingerprint density at radius 2 is 1.90 bits per heavy atom. The summed E-state index contributed by atoms with van der Waals surface area (Å²) in [4.78, 5) is 30.4. The van der Waals surface area contributed by atoms with Crippen molar-refractivity contribution in [1.29, 1.82) is 0 Å². The largest absolute Gasteiger partial charge is 0.465 e. The van der Waals surface area contributed by atoms with Gasteiger partial charge < -0.3 is 14.8 Å². The average molecular weight is 415 g/mol. The Morgan fingerprint density at radius 3 is 2.52 bits per heavy atom. The second kappa shape index (κ2) is 8.53. The number of carbonyl (C=O) groups is 1. The van der Waals surface area contributed by atoms with Crippen molar-refractivity contribution in [2.24, 2.45) is 0 Å². The zero-order valence-corrected chi connectivity index (χ0v) is 16.1. The summed E-state index contributed by atoms with van der Waals surface area (Å²) >= 11 is 5.99. The van der Waals surface area contributed by atoms with E-state index in [1.165, 1.54) is 19.2 Å². The topological polar surface area (TPSA) is 116 Å². The first-order chi connectivity index (χ1) is 13.9. The number of nitrogens with zero attached hydrogens (tertiary/aromatic N) is 3. The van der Waals surface area contributed by atoms with Crippen LogP contribution in [0.4, 0.5) is 17.2 Å². The van der Waals surface area contributed by atoms with Crippen LogP contribution in [0.1, 0.15) is 15.9 Å². The Hall–Kier alpha value is -3.72. The van der Waals surface area contributed by atoms with E-state index in [1.807, 2.05) is 0 Å². The Labute approximate surface area is 170 Å². The number of methoxy groups -OCH3 is 1. The number of esters is 1. The maximum absolute atomic E-state index is 11.6. The van der Waals surface area contributed by atoms with Crippen molar-refractivity contribution in [2.75, 3.05) is 12.4 Å². The Kier molecular flexibility index (Phi) is 5.89. The van der Waals surface area contributed by atoms with E-state index in [9.17, 15) is 14.9 Å². The van der Waals surface area contributed by atoms with Gasteiger partial charge in [0.2, 0.25) is 5.82 Å². The third-order valence-electron chi connectivity index (χ3n) is 3.88. The molecule has 29 heavy (non-hydrogen) atoms. The molecule has 0 radical (unpaired) electrons. The molecule has 0 unspecified atom stereocenters. The molecule has 0 bridgehead atoms. The van der Waals surface area contributed by atoms with Crippen molar-refractivity contribution >= 4 is 34.8 Å². The SMILES string of the molecule is COC(=O)c1ccc(Nc2ncnc(Oc3ccc(Cl)c(C)c3)c2[N+](=O)[O-])cc1. The van der Waals surface area contributed by atoms with Crippen LogP contribution >= 0.6 is 11.6 Å². The van der Waals surface area contributed by atoms with Crippen molar-refractivity contribution < 1.29 is 19.2 Å². The van der Waals surface area contributed by atoms with Crippen LogP contribution in [0.3, 0.4) is 0 Å². The summed E-state index contributed by atoms with van der Waals surface area (Å²) in [6.07, 6.45) is 1.15. The molecule has 9 nitrogen and oxygen atoms in total. The van der Waals surface area contributed by atoms with E-state index in [-0.39, 0.29) is 11.7 Å². The summed E-state index contributed by atoms with van der Waals surface area (Å²) in [5, 5.41) is 15.0. The molecule has 3 aromatic rings. The predicted octanol–water partition coefficient (Wildman–Crippen LogP) is 4.67. The summed E-state index contributed by atoms with van der Waals surface area (Å²) in [6, 6.07) is 11.0. The van der Waals surface area contributed by atoms with Crippen molar-refractivity contribution in [3.05, 3.63) is 75.1 Å². The molecule has 0 saturated carbocycles. The number of benzene rings is 2. The predicted molar refractivity (Wildman–Crippen MR) is 106 cm³/mol. The molecule has 10 heteroatoms. The third kappa shape index (κ3) is 4.58. The lowest BCUT2D eigenvalue weighted by Gasteiger charge is -2.10. The number of rotatable bonds is 6. The van der Waals surface area contributed by atoms with Gasteiger partial charge in [-0.25, -0.2) is 9.78 Å². The van der Waals surface area contributed by atoms with Crippen LogP contribution in [0.2, 0.25) is 5.02 Å². The molecule has 0 spiro atoms. The highest BCUT2D eigenvalue weighted by Gasteiger charge is 2.25. The van der Waals surface area contributed by atoms with Crippen LogP contribution in [0.25, 0.3) is 0 Å². The van der Waals surface area contributed by atoms with Crippen LogP contribution in [-0.2, 0) is 4.74 Å². The van der Waals surface area contributed by atoms with E-state index in [1.54, 1.807) is 37.3 Å². The van der Waals surface area contributed by atoms with E-state index < -0.39 is 16.6 Å². The Morgan fingerprint density at radius 1 is 1.17 bits per heavy atom. The molecule has 0 aliphatic heterocycles. The number of aryl methyl sites for hydroxylation is 1. The lowest BCUT2D eigenvalue weighted by atomic mass is 10.2. The van der Waals surface area contributed by atoms with Gasteiger partial charge in [-0.2, -0.15) is 4.98 Å². The van der Waals surface area contributed by atoms with E-state index in [0.29, 0.717) is 22.0 Å². The molecule has 0 aliphatic carbocycles. The number of hydrogen-bond donors (Lipinski definition) is 1. The zero-order valence-electron chi connectivity index (χ0n) is 15.4. The summed E-state index contributed by atoms with van der Waals surface area (Å²) < 4.78 is 10.2. The van der Waals surface area contributed by atoms with Crippen molar-refractivity contribution in [3.63, 3.8) is 0 Å². The maximum Gasteiger partial charge on any atom is 0.373 e. The van der Waals surface area contributed by atoms with Gasteiger partial charge in [0.25, 0.3) is 0 Å². The van der Waals surface area contributed by atoms with E-state index in [4.69, 9.17) is 16.3 Å². The fourth-order valence-electron chi connectivity index (χ4n) is 2.43.